The van der Waals surface area contributed by atoms with Crippen LogP contribution in [0.3, 0.4) is 0 Å². The number of carbonyl (C=O) groups is 2. The first-order chi connectivity index (χ1) is 16.5. The van der Waals surface area contributed by atoms with Gasteiger partial charge in [0, 0.05) is 29.0 Å². The van der Waals surface area contributed by atoms with Crippen molar-refractivity contribution in [2.45, 2.75) is 69.8 Å². The van der Waals surface area contributed by atoms with E-state index in [4.69, 9.17) is 4.74 Å². The molecule has 0 saturated heterocycles. The van der Waals surface area contributed by atoms with Crippen LogP contribution in [-0.2, 0) is 14.3 Å². The van der Waals surface area contributed by atoms with Crippen molar-refractivity contribution in [2.24, 2.45) is 0 Å². The second-order valence-electron chi connectivity index (χ2n) is 9.61. The van der Waals surface area contributed by atoms with E-state index in [0.29, 0.717) is 35.2 Å². The first-order valence-corrected chi connectivity index (χ1v) is 12.3. The molecular formula is C29H30FNO3. The normalized spacial score (nSPS) is 23.4. The quantitative estimate of drug-likeness (QED) is 0.565. The number of ketones is 1. The van der Waals surface area contributed by atoms with E-state index in [1.54, 1.807) is 18.2 Å². The van der Waals surface area contributed by atoms with E-state index >= 15 is 4.39 Å². The molecule has 0 unspecified atom stereocenters. The van der Waals surface area contributed by atoms with Crippen molar-refractivity contribution < 1.29 is 18.7 Å². The number of halogens is 1. The van der Waals surface area contributed by atoms with Crippen LogP contribution in [0.25, 0.3) is 0 Å². The van der Waals surface area contributed by atoms with Crippen molar-refractivity contribution in [3.63, 3.8) is 0 Å². The number of dihydropyridines is 1. The number of hydrogen-bond acceptors (Lipinski definition) is 4. The number of Topliss-reactive ketones (excluding diaryl/α,β-unsaturated/α-hetero) is 1. The minimum absolute atomic E-state index is 0.0461. The summed E-state index contributed by atoms with van der Waals surface area (Å²) in [6, 6.07) is 16.4. The zero-order chi connectivity index (χ0) is 23.7. The number of rotatable bonds is 4. The molecule has 1 N–H and O–H groups in total. The van der Waals surface area contributed by atoms with Crippen molar-refractivity contribution in [3.05, 3.63) is 94.1 Å². The van der Waals surface area contributed by atoms with E-state index in [-0.39, 0.29) is 17.8 Å². The number of ether oxygens (including phenoxy) is 1. The van der Waals surface area contributed by atoms with Gasteiger partial charge in [-0.25, -0.2) is 9.18 Å². The Hall–Kier alpha value is -3.21. The molecule has 5 rings (SSSR count). The molecule has 0 amide bonds. The Morgan fingerprint density at radius 1 is 0.971 bits per heavy atom. The van der Waals surface area contributed by atoms with E-state index in [9.17, 15) is 9.59 Å². The maximum Gasteiger partial charge on any atom is 0.337 e. The summed E-state index contributed by atoms with van der Waals surface area (Å²) in [7, 11) is 0. The topological polar surface area (TPSA) is 55.4 Å². The third-order valence-electron chi connectivity index (χ3n) is 7.36. The fourth-order valence-corrected chi connectivity index (χ4v) is 5.69. The smallest absolute Gasteiger partial charge is 0.337 e. The number of carbonyl (C=O) groups excluding carboxylic acids is 2. The molecule has 2 aromatic rings. The molecule has 2 aromatic carbocycles. The lowest BCUT2D eigenvalue weighted by Gasteiger charge is -2.37. The Bertz CT molecular complexity index is 1160. The van der Waals surface area contributed by atoms with Gasteiger partial charge < -0.3 is 10.1 Å². The fourth-order valence-electron chi connectivity index (χ4n) is 5.69. The summed E-state index contributed by atoms with van der Waals surface area (Å²) in [5, 5.41) is 3.35. The fraction of sp³-hybridized carbons (Fsp3) is 0.379. The maximum atomic E-state index is 15.1. The summed E-state index contributed by atoms with van der Waals surface area (Å²) in [4.78, 5) is 27.0. The van der Waals surface area contributed by atoms with Gasteiger partial charge in [0.1, 0.15) is 11.9 Å². The minimum atomic E-state index is -0.766. The Kier molecular flexibility index (Phi) is 6.36. The Morgan fingerprint density at radius 3 is 2.41 bits per heavy atom. The highest BCUT2D eigenvalue weighted by Crippen LogP contribution is 2.46. The predicted molar refractivity (Wildman–Crippen MR) is 128 cm³/mol. The molecule has 1 saturated carbocycles. The van der Waals surface area contributed by atoms with Crippen LogP contribution in [0.2, 0.25) is 0 Å². The van der Waals surface area contributed by atoms with Crippen LogP contribution in [0.15, 0.2) is 77.1 Å². The summed E-state index contributed by atoms with van der Waals surface area (Å²) >= 11 is 0. The van der Waals surface area contributed by atoms with Gasteiger partial charge in [-0.2, -0.15) is 0 Å². The zero-order valence-corrected chi connectivity index (χ0v) is 19.5. The Balaban J connectivity index is 1.54. The van der Waals surface area contributed by atoms with E-state index in [1.807, 2.05) is 37.3 Å². The SMILES string of the molecule is CC1=C(C(=O)OC2CCCCC2)[C@H](c2ccccc2F)C2=C(C[C@H](c3ccccc3)CC2=O)N1. The van der Waals surface area contributed by atoms with E-state index in [1.165, 1.54) is 6.07 Å². The largest absolute Gasteiger partial charge is 0.459 e. The van der Waals surface area contributed by atoms with Gasteiger partial charge in [-0.05, 0) is 56.6 Å². The van der Waals surface area contributed by atoms with E-state index in [0.717, 1.165) is 43.4 Å². The highest BCUT2D eigenvalue weighted by atomic mass is 19.1. The first kappa shape index (κ1) is 22.6. The van der Waals surface area contributed by atoms with Gasteiger partial charge in [0.25, 0.3) is 0 Å². The summed E-state index contributed by atoms with van der Waals surface area (Å²) in [5.41, 5.74) is 3.72. The standard InChI is InChI=1S/C29H30FNO3/c1-18-26(29(33)34-21-12-6-3-7-13-21)27(22-14-8-9-15-23(22)30)28-24(31-18)16-20(17-25(28)32)19-10-4-2-5-11-19/h2,4-5,8-11,14-15,20-21,27,31H,3,6-7,12-13,16-17H2,1H3/t20-,27-/m0/s1. The molecule has 0 radical (unpaired) electrons. The van der Waals surface area contributed by atoms with Gasteiger partial charge in [-0.3, -0.25) is 4.79 Å². The molecule has 5 heteroatoms. The van der Waals surface area contributed by atoms with Gasteiger partial charge in [-0.1, -0.05) is 55.0 Å². The van der Waals surface area contributed by atoms with Crippen molar-refractivity contribution in [2.75, 3.05) is 0 Å². The van der Waals surface area contributed by atoms with Crippen LogP contribution in [0.5, 0.6) is 0 Å². The van der Waals surface area contributed by atoms with E-state index in [2.05, 4.69) is 5.32 Å². The lowest BCUT2D eigenvalue weighted by molar-refractivity contribution is -0.146. The van der Waals surface area contributed by atoms with Crippen molar-refractivity contribution >= 4 is 11.8 Å². The van der Waals surface area contributed by atoms with Crippen LogP contribution >= 0.6 is 0 Å². The van der Waals surface area contributed by atoms with Crippen molar-refractivity contribution in [1.82, 2.24) is 5.32 Å². The van der Waals surface area contributed by atoms with Crippen molar-refractivity contribution in [3.8, 4) is 0 Å². The van der Waals surface area contributed by atoms with Gasteiger partial charge in [0.15, 0.2) is 5.78 Å². The number of hydrogen-bond donors (Lipinski definition) is 1. The minimum Gasteiger partial charge on any atom is -0.459 e. The summed E-state index contributed by atoms with van der Waals surface area (Å²) in [5.74, 6) is -1.64. The maximum absolute atomic E-state index is 15.1. The highest BCUT2D eigenvalue weighted by molar-refractivity contribution is 6.04. The molecule has 0 bridgehead atoms. The molecule has 4 nitrogen and oxygen atoms in total. The Morgan fingerprint density at radius 2 is 1.68 bits per heavy atom. The number of allylic oxidation sites excluding steroid dienone is 3. The molecule has 2 atom stereocenters. The highest BCUT2D eigenvalue weighted by Gasteiger charge is 2.42. The molecule has 176 valence electrons. The molecule has 1 aliphatic heterocycles. The average Bonchev–Trinajstić information content (AvgIpc) is 2.84. The third kappa shape index (κ3) is 4.31. The number of nitrogens with one attached hydrogen (secondary N) is 1. The van der Waals surface area contributed by atoms with Crippen LogP contribution in [-0.4, -0.2) is 17.9 Å². The lowest BCUT2D eigenvalue weighted by Crippen LogP contribution is -2.37. The van der Waals surface area contributed by atoms with Gasteiger partial charge in [0.05, 0.1) is 11.5 Å². The summed E-state index contributed by atoms with van der Waals surface area (Å²) < 4.78 is 21.0. The second kappa shape index (κ2) is 9.57. The lowest BCUT2D eigenvalue weighted by atomic mass is 9.71. The average molecular weight is 460 g/mol. The van der Waals surface area contributed by atoms with Crippen LogP contribution < -0.4 is 5.32 Å². The monoisotopic (exact) mass is 459 g/mol. The summed E-state index contributed by atoms with van der Waals surface area (Å²) in [6.07, 6.45) is 5.78. The molecule has 34 heavy (non-hydrogen) atoms. The van der Waals surface area contributed by atoms with E-state index < -0.39 is 17.7 Å². The van der Waals surface area contributed by atoms with Crippen LogP contribution in [0.1, 0.15) is 74.8 Å². The molecule has 0 aromatic heterocycles. The van der Waals surface area contributed by atoms with Crippen molar-refractivity contribution in [1.29, 1.82) is 0 Å². The molecular weight excluding hydrogens is 429 g/mol. The van der Waals surface area contributed by atoms with Gasteiger partial charge >= 0.3 is 5.97 Å². The molecule has 2 aliphatic carbocycles. The predicted octanol–water partition coefficient (Wildman–Crippen LogP) is 6.06. The second-order valence-corrected chi connectivity index (χ2v) is 9.61. The first-order valence-electron chi connectivity index (χ1n) is 12.3. The molecule has 1 heterocycles. The third-order valence-corrected chi connectivity index (χ3v) is 7.36. The molecule has 1 fully saturated rings. The molecule has 0 spiro atoms. The van der Waals surface area contributed by atoms with Gasteiger partial charge in [0.2, 0.25) is 0 Å². The zero-order valence-electron chi connectivity index (χ0n) is 19.5. The molecule has 3 aliphatic rings. The van der Waals surface area contributed by atoms with Crippen LogP contribution in [0, 0.1) is 5.82 Å². The number of esters is 1. The summed E-state index contributed by atoms with van der Waals surface area (Å²) in [6.45, 7) is 1.83. The van der Waals surface area contributed by atoms with Crippen LogP contribution in [0.4, 0.5) is 4.39 Å². The number of benzene rings is 2. The van der Waals surface area contributed by atoms with Gasteiger partial charge in [-0.15, -0.1) is 0 Å². The Labute approximate surface area is 199 Å².